The maximum Gasteiger partial charge on any atom is 0.373 e. The first-order valence-corrected chi connectivity index (χ1v) is 25.0. The fourth-order valence-corrected chi connectivity index (χ4v) is 10.3. The summed E-state index contributed by atoms with van der Waals surface area (Å²) < 4.78 is 28.1. The lowest BCUT2D eigenvalue weighted by Gasteiger charge is -2.23. The number of carbonyl (C=O) groups excluding carboxylic acids is 7. The number of rotatable bonds is 5. The molecule has 74 heavy (non-hydrogen) atoms. The minimum Gasteiger partial charge on any atom is -0.497 e. The highest BCUT2D eigenvalue weighted by Gasteiger charge is 2.31. The summed E-state index contributed by atoms with van der Waals surface area (Å²) in [7, 11) is 3.40. The zero-order valence-corrected chi connectivity index (χ0v) is 44.7. The number of benzene rings is 4. The van der Waals surface area contributed by atoms with Gasteiger partial charge in [0.05, 0.1) is 38.7 Å². The largest absolute Gasteiger partial charge is 0.497 e. The molecule has 0 atom stereocenters. The summed E-state index contributed by atoms with van der Waals surface area (Å²) in [6, 6.07) is 27.5. The van der Waals surface area contributed by atoms with Gasteiger partial charge >= 0.3 is 18.5 Å². The van der Waals surface area contributed by atoms with Crippen molar-refractivity contribution in [2.75, 3.05) is 27.4 Å². The maximum absolute atomic E-state index is 13.0. The number of methoxy groups -OCH3 is 2. The summed E-state index contributed by atoms with van der Waals surface area (Å²) >= 11 is 0. The molecular weight excluding hydrogens is 964 g/mol. The first-order valence-electron chi connectivity index (χ1n) is 25.0. The van der Waals surface area contributed by atoms with Crippen LogP contribution >= 0.6 is 12.4 Å². The summed E-state index contributed by atoms with van der Waals surface area (Å²) in [5.74, 6) is 4.62. The fourth-order valence-electron chi connectivity index (χ4n) is 10.3. The van der Waals surface area contributed by atoms with Crippen LogP contribution in [0.1, 0.15) is 139 Å². The average molecular weight is 1040 g/mol. The van der Waals surface area contributed by atoms with Gasteiger partial charge in [-0.3, -0.25) is 4.79 Å². The third-order valence-corrected chi connectivity index (χ3v) is 12.9. The van der Waals surface area contributed by atoms with E-state index in [0.717, 1.165) is 47.2 Å². The minimum atomic E-state index is -0.277. The third kappa shape index (κ3) is 15.3. The van der Waals surface area contributed by atoms with Crippen molar-refractivity contribution in [3.8, 4) is 45.5 Å². The molecular formula is C58H71ClN4O11. The van der Waals surface area contributed by atoms with Gasteiger partial charge in [-0.2, -0.15) is 28.8 Å². The zero-order valence-electron chi connectivity index (χ0n) is 43.9. The van der Waals surface area contributed by atoms with E-state index in [0.29, 0.717) is 30.6 Å². The van der Waals surface area contributed by atoms with Gasteiger partial charge in [0.1, 0.15) is 36.2 Å². The van der Waals surface area contributed by atoms with Crippen molar-refractivity contribution in [3.05, 3.63) is 95.6 Å². The predicted molar refractivity (Wildman–Crippen MR) is 284 cm³/mol. The van der Waals surface area contributed by atoms with E-state index in [9.17, 15) is 4.79 Å². The van der Waals surface area contributed by atoms with Crippen LogP contribution in [0.5, 0.6) is 23.0 Å². The van der Waals surface area contributed by atoms with E-state index in [2.05, 4.69) is 69.0 Å². The molecule has 0 spiro atoms. The second-order valence-electron chi connectivity index (χ2n) is 20.5. The Kier molecular flexibility index (Phi) is 22.5. The summed E-state index contributed by atoms with van der Waals surface area (Å²) in [5.41, 5.74) is 16.2. The van der Waals surface area contributed by atoms with Crippen LogP contribution in [0.15, 0.2) is 78.9 Å². The van der Waals surface area contributed by atoms with Crippen molar-refractivity contribution >= 4 is 58.6 Å². The Balaban J connectivity index is 0.000000257. The highest BCUT2D eigenvalue weighted by atomic mass is 35.5. The van der Waals surface area contributed by atoms with E-state index in [1.165, 1.54) is 109 Å². The van der Waals surface area contributed by atoms with Crippen LogP contribution in [-0.4, -0.2) is 72.0 Å². The highest BCUT2D eigenvalue weighted by Crippen LogP contribution is 2.49. The van der Waals surface area contributed by atoms with Crippen LogP contribution in [0, 0.1) is 0 Å². The quantitative estimate of drug-likeness (QED) is 0.166. The van der Waals surface area contributed by atoms with Crippen molar-refractivity contribution in [2.45, 2.75) is 142 Å². The lowest BCUT2D eigenvalue weighted by Crippen LogP contribution is -2.40. The summed E-state index contributed by atoms with van der Waals surface area (Å²) in [6.07, 6.45) is 13.7. The van der Waals surface area contributed by atoms with E-state index in [-0.39, 0.29) is 47.8 Å². The highest BCUT2D eigenvalue weighted by molar-refractivity contribution is 6.01. The number of nitrogens with one attached hydrogen (secondary N) is 1. The van der Waals surface area contributed by atoms with Gasteiger partial charge in [-0.05, 0) is 133 Å². The summed E-state index contributed by atoms with van der Waals surface area (Å²) in [6.45, 7) is 14.8. The van der Waals surface area contributed by atoms with Gasteiger partial charge < -0.3 is 39.1 Å². The molecule has 15 nitrogen and oxygen atoms in total. The minimum absolute atomic E-state index is 0. The molecule has 16 heteroatoms. The molecule has 396 valence electrons. The van der Waals surface area contributed by atoms with Crippen molar-refractivity contribution in [3.63, 3.8) is 0 Å². The Morgan fingerprint density at radius 1 is 0.595 bits per heavy atom. The van der Waals surface area contributed by atoms with Gasteiger partial charge in [0.15, 0.2) is 0 Å². The van der Waals surface area contributed by atoms with E-state index < -0.39 is 0 Å². The maximum atomic E-state index is 13.0. The molecule has 0 unspecified atom stereocenters. The van der Waals surface area contributed by atoms with Crippen molar-refractivity contribution in [1.82, 2.24) is 14.5 Å². The number of hydrogen-bond donors (Lipinski definition) is 2. The molecule has 2 saturated carbocycles. The van der Waals surface area contributed by atoms with Crippen LogP contribution in [-0.2, 0) is 41.9 Å². The number of para-hydroxylation sites is 1. The third-order valence-electron chi connectivity index (χ3n) is 12.9. The van der Waals surface area contributed by atoms with Crippen molar-refractivity contribution in [1.29, 1.82) is 0 Å². The number of fused-ring (bicyclic) bond motifs is 10. The van der Waals surface area contributed by atoms with Gasteiger partial charge in [-0.1, -0.05) is 62.8 Å². The van der Waals surface area contributed by atoms with Crippen LogP contribution in [0.25, 0.3) is 44.3 Å². The zero-order chi connectivity index (χ0) is 53.3. The number of nitrogens with zero attached hydrogens (tertiary/aromatic N) is 2. The Bertz CT molecular complexity index is 2880. The molecule has 2 aromatic heterocycles. The van der Waals surface area contributed by atoms with Crippen LogP contribution in [0.3, 0.4) is 0 Å². The van der Waals surface area contributed by atoms with Crippen molar-refractivity contribution in [2.24, 2.45) is 5.73 Å². The monoisotopic (exact) mass is 1030 g/mol. The smallest absolute Gasteiger partial charge is 0.373 e. The van der Waals surface area contributed by atoms with Crippen LogP contribution in [0.4, 0.5) is 0 Å². The molecule has 1 amide bonds. The molecule has 4 heterocycles. The van der Waals surface area contributed by atoms with Gasteiger partial charge in [0.25, 0.3) is 5.91 Å². The Labute approximate surface area is 439 Å². The summed E-state index contributed by atoms with van der Waals surface area (Å²) in [4.78, 5) is 61.7. The van der Waals surface area contributed by atoms with Crippen molar-refractivity contribution < 1.29 is 52.5 Å². The van der Waals surface area contributed by atoms with Gasteiger partial charge in [-0.25, -0.2) is 0 Å². The molecule has 6 aromatic rings. The number of hydrogen-bond acceptors (Lipinski definition) is 12. The lowest BCUT2D eigenvalue weighted by atomic mass is 9.81. The van der Waals surface area contributed by atoms with Gasteiger partial charge in [-0.15, -0.1) is 12.4 Å². The van der Waals surface area contributed by atoms with E-state index >= 15 is 0 Å². The van der Waals surface area contributed by atoms with Gasteiger partial charge in [0.2, 0.25) is 0 Å². The topological polar surface area (TPSA) is 204 Å². The number of halogens is 1. The molecule has 4 aromatic carbocycles. The number of aromatic nitrogens is 2. The van der Waals surface area contributed by atoms with Crippen LogP contribution < -0.4 is 30.0 Å². The molecule has 2 aliphatic heterocycles. The summed E-state index contributed by atoms with van der Waals surface area (Å²) in [5, 5.41) is 5.80. The second kappa shape index (κ2) is 27.9. The lowest BCUT2D eigenvalue weighted by molar-refractivity contribution is -0.193. The fraction of sp³-hybridized carbons (Fsp3) is 0.448. The SMILES string of the molecule is CC(C)(C)N.COc1ccc2c(c1)OCCn1c-2c(C2CCCCC2)c2ccc(C(=O)NC(C)(C)C)cc21.COc1ccc2c(c1)OCCn1c-2c(C2CCCCC2)c2ccccc21.Cl.O=C=O.O=C=O.O=C=O. The Morgan fingerprint density at radius 3 is 1.42 bits per heavy atom. The molecule has 4 aliphatic rings. The molecule has 0 radical (unpaired) electrons. The average Bonchev–Trinajstić information content (AvgIpc) is 3.69. The number of carbonyl (C=O) groups is 1. The number of amides is 1. The molecule has 2 aliphatic carbocycles. The van der Waals surface area contributed by atoms with Crippen LogP contribution in [0.2, 0.25) is 0 Å². The van der Waals surface area contributed by atoms with Gasteiger partial charge in [0, 0.05) is 61.7 Å². The van der Waals surface area contributed by atoms with E-state index in [1.54, 1.807) is 14.2 Å². The Hall–Kier alpha value is -6.98. The molecule has 0 saturated heterocycles. The Morgan fingerprint density at radius 2 is 1.00 bits per heavy atom. The number of nitrogens with two attached hydrogens (primary N) is 1. The normalized spacial score (nSPS) is 14.6. The second-order valence-corrected chi connectivity index (χ2v) is 20.5. The molecule has 10 rings (SSSR count). The predicted octanol–water partition coefficient (Wildman–Crippen LogP) is 11.5. The first-order chi connectivity index (χ1) is 35.0. The molecule has 3 N–H and O–H groups in total. The number of ether oxygens (including phenoxy) is 4. The molecule has 2 fully saturated rings. The van der Waals surface area contributed by atoms with E-state index in [1.807, 2.05) is 65.8 Å². The van der Waals surface area contributed by atoms with E-state index in [4.69, 9.17) is 53.4 Å². The standard InChI is InChI=1S/C28H34N2O3.C23H25NO2.C4H11N.3CO2.ClH/c1-28(2,3)29-27(31)19-10-12-21-23(16-19)30-14-15-33-24-17-20(32-4)11-13-22(24)26(30)25(21)18-8-6-5-7-9-18;1-25-17-11-12-19-21(15-17)26-14-13-24-20-10-6-5-9-18(20)22(23(19)24)16-7-3-2-4-8-16;1-4(2,3)5;3*2-1-3;/h10-13,16-18H,5-9,14-15H2,1-4H3,(H,29,31);5-6,9-12,15-16H,2-4,7-8,13-14H2,1H3;5H2,1-3H3;;;;1H. The first kappa shape index (κ1) is 59.6. The molecule has 0 bridgehead atoms.